The summed E-state index contributed by atoms with van der Waals surface area (Å²) in [5, 5.41) is 0. The zero-order valence-corrected chi connectivity index (χ0v) is 23.6. The van der Waals surface area contributed by atoms with Crippen molar-refractivity contribution in [3.8, 4) is 0 Å². The van der Waals surface area contributed by atoms with E-state index in [0.29, 0.717) is 17.3 Å². The molecule has 4 saturated carbocycles. The number of carbonyl (C=O) groups is 2. The molecule has 0 spiro atoms. The van der Waals surface area contributed by atoms with Crippen LogP contribution in [0.15, 0.2) is 24.0 Å². The lowest BCUT2D eigenvalue weighted by atomic mass is 9.44. The molecule has 4 aliphatic rings. The maximum absolute atomic E-state index is 12.1. The fraction of sp³-hybridized carbons (Fsp3) is 0.806. The molecule has 0 N–H and O–H groups in total. The third kappa shape index (κ3) is 5.27. The SMILES string of the molecule is CO/C(=C\C=C/C(=O)OC(C)(C)C)[C@H]1CC[C@H]2[C@@H]3CC[C@@H]4C[C@H](OC(C)=O)CC[C@]4(C)[C@H]3CC[C@]12C. The Bertz CT molecular complexity index is 897. The zero-order chi connectivity index (χ0) is 26.3. The maximum atomic E-state index is 12.1. The van der Waals surface area contributed by atoms with E-state index < -0.39 is 5.60 Å². The number of esters is 2. The van der Waals surface area contributed by atoms with Crippen LogP contribution in [0.1, 0.15) is 99.3 Å². The monoisotopic (exact) mass is 500 g/mol. The van der Waals surface area contributed by atoms with Crippen LogP contribution < -0.4 is 0 Å². The Morgan fingerprint density at radius 2 is 1.61 bits per heavy atom. The number of methoxy groups -OCH3 is 1. The normalized spacial score (nSPS) is 40.7. The molecule has 0 amide bonds. The van der Waals surface area contributed by atoms with Gasteiger partial charge in [0.05, 0.1) is 12.9 Å². The number of rotatable bonds is 5. The molecule has 202 valence electrons. The van der Waals surface area contributed by atoms with E-state index in [9.17, 15) is 9.59 Å². The first kappa shape index (κ1) is 27.3. The second-order valence-corrected chi connectivity index (χ2v) is 13.5. The highest BCUT2D eigenvalue weighted by Gasteiger charge is 2.61. The molecule has 4 aliphatic carbocycles. The lowest BCUT2D eigenvalue weighted by molar-refractivity contribution is -0.160. The van der Waals surface area contributed by atoms with Gasteiger partial charge in [-0.2, -0.15) is 0 Å². The lowest BCUT2D eigenvalue weighted by Gasteiger charge is -2.61. The van der Waals surface area contributed by atoms with Crippen molar-refractivity contribution in [1.82, 2.24) is 0 Å². The summed E-state index contributed by atoms with van der Waals surface area (Å²) in [5.74, 6) is 3.87. The molecule has 0 radical (unpaired) electrons. The summed E-state index contributed by atoms with van der Waals surface area (Å²) in [6.07, 6.45) is 16.1. The van der Waals surface area contributed by atoms with Crippen molar-refractivity contribution >= 4 is 11.9 Å². The molecule has 36 heavy (non-hydrogen) atoms. The van der Waals surface area contributed by atoms with Crippen LogP contribution in [0.25, 0.3) is 0 Å². The van der Waals surface area contributed by atoms with Crippen molar-refractivity contribution in [3.63, 3.8) is 0 Å². The molecular weight excluding hydrogens is 452 g/mol. The van der Waals surface area contributed by atoms with E-state index in [1.165, 1.54) is 44.6 Å². The fourth-order valence-corrected chi connectivity index (χ4v) is 8.91. The predicted molar refractivity (Wildman–Crippen MR) is 141 cm³/mol. The number of hydrogen-bond acceptors (Lipinski definition) is 5. The first-order valence-electron chi connectivity index (χ1n) is 14.2. The largest absolute Gasteiger partial charge is 0.501 e. The molecule has 0 bridgehead atoms. The second-order valence-electron chi connectivity index (χ2n) is 13.5. The molecule has 4 rings (SSSR count). The van der Waals surface area contributed by atoms with E-state index in [4.69, 9.17) is 14.2 Å². The van der Waals surface area contributed by atoms with Crippen LogP contribution in [0.2, 0.25) is 0 Å². The lowest BCUT2D eigenvalue weighted by Crippen LogP contribution is -2.54. The summed E-state index contributed by atoms with van der Waals surface area (Å²) in [4.78, 5) is 23.7. The van der Waals surface area contributed by atoms with Gasteiger partial charge in [0.15, 0.2) is 0 Å². The van der Waals surface area contributed by atoms with Crippen molar-refractivity contribution in [2.45, 2.75) is 111 Å². The average molecular weight is 501 g/mol. The van der Waals surface area contributed by atoms with Gasteiger partial charge in [-0.25, -0.2) is 4.79 Å². The summed E-state index contributed by atoms with van der Waals surface area (Å²) in [6, 6.07) is 0. The minimum absolute atomic E-state index is 0.116. The van der Waals surface area contributed by atoms with Crippen molar-refractivity contribution in [3.05, 3.63) is 24.0 Å². The molecule has 5 nitrogen and oxygen atoms in total. The van der Waals surface area contributed by atoms with Gasteiger partial charge in [0.1, 0.15) is 11.7 Å². The van der Waals surface area contributed by atoms with Crippen LogP contribution in [0.4, 0.5) is 0 Å². The molecule has 0 aromatic heterocycles. The standard InChI is InChI=1S/C31H48O5/c1-20(32)35-22-15-17-30(5)21(19-22)11-12-23-24-13-14-26(31(24,6)18-16-25(23)30)27(34-7)9-8-10-28(33)36-29(2,3)4/h8-10,21-26H,11-19H2,1-7H3/b10-8-,27-9-/t21-,22-,23+,24+,25+,26-,30+,31+/m1/s1. The minimum atomic E-state index is -0.491. The first-order chi connectivity index (χ1) is 16.9. The van der Waals surface area contributed by atoms with Crippen LogP contribution in [0.5, 0.6) is 0 Å². The van der Waals surface area contributed by atoms with E-state index in [1.807, 2.05) is 26.8 Å². The molecule has 0 saturated heterocycles. The van der Waals surface area contributed by atoms with Gasteiger partial charge >= 0.3 is 11.9 Å². The van der Waals surface area contributed by atoms with E-state index in [-0.39, 0.29) is 23.5 Å². The summed E-state index contributed by atoms with van der Waals surface area (Å²) in [7, 11) is 1.77. The van der Waals surface area contributed by atoms with Crippen LogP contribution in [0, 0.1) is 40.4 Å². The van der Waals surface area contributed by atoms with Crippen molar-refractivity contribution in [2.24, 2.45) is 40.4 Å². The quantitative estimate of drug-likeness (QED) is 0.176. The zero-order valence-electron chi connectivity index (χ0n) is 23.6. The summed E-state index contributed by atoms with van der Waals surface area (Å²) < 4.78 is 17.0. The molecule has 0 heterocycles. The van der Waals surface area contributed by atoms with Gasteiger partial charge in [0.25, 0.3) is 0 Å². The smallest absolute Gasteiger partial charge is 0.331 e. The Morgan fingerprint density at radius 3 is 2.28 bits per heavy atom. The van der Waals surface area contributed by atoms with Crippen LogP contribution in [-0.4, -0.2) is 30.8 Å². The number of allylic oxidation sites excluding steroid dienone is 3. The topological polar surface area (TPSA) is 61.8 Å². The Hall–Kier alpha value is -1.78. The highest BCUT2D eigenvalue weighted by atomic mass is 16.6. The van der Waals surface area contributed by atoms with Gasteiger partial charge in [0.2, 0.25) is 0 Å². The van der Waals surface area contributed by atoms with Crippen molar-refractivity contribution in [2.75, 3.05) is 7.11 Å². The van der Waals surface area contributed by atoms with Gasteiger partial charge < -0.3 is 14.2 Å². The van der Waals surface area contributed by atoms with E-state index in [2.05, 4.69) is 13.8 Å². The van der Waals surface area contributed by atoms with Gasteiger partial charge in [-0.1, -0.05) is 19.9 Å². The Morgan fingerprint density at radius 1 is 0.917 bits per heavy atom. The molecule has 4 fully saturated rings. The van der Waals surface area contributed by atoms with Gasteiger partial charge in [-0.15, -0.1) is 0 Å². The highest BCUT2D eigenvalue weighted by molar-refractivity contribution is 5.82. The third-order valence-electron chi connectivity index (χ3n) is 10.4. The van der Waals surface area contributed by atoms with Crippen molar-refractivity contribution < 1.29 is 23.8 Å². The van der Waals surface area contributed by atoms with Gasteiger partial charge in [-0.3, -0.25) is 4.79 Å². The van der Waals surface area contributed by atoms with Gasteiger partial charge in [0, 0.05) is 18.9 Å². The molecule has 0 aromatic carbocycles. The van der Waals surface area contributed by atoms with E-state index >= 15 is 0 Å². The predicted octanol–water partition coefficient (Wildman–Crippen LogP) is 7.01. The number of carbonyl (C=O) groups excluding carboxylic acids is 2. The van der Waals surface area contributed by atoms with Crippen LogP contribution in [-0.2, 0) is 23.8 Å². The molecule has 0 unspecified atom stereocenters. The first-order valence-corrected chi connectivity index (χ1v) is 14.2. The van der Waals surface area contributed by atoms with Crippen LogP contribution in [0.3, 0.4) is 0 Å². The Kier molecular flexibility index (Phi) is 7.70. The Labute approximate surface area is 218 Å². The molecule has 0 aliphatic heterocycles. The maximum Gasteiger partial charge on any atom is 0.331 e. The average Bonchev–Trinajstić information content (AvgIpc) is 3.12. The Balaban J connectivity index is 1.47. The molecule has 8 atom stereocenters. The highest BCUT2D eigenvalue weighted by Crippen LogP contribution is 2.68. The van der Waals surface area contributed by atoms with E-state index in [1.54, 1.807) is 20.1 Å². The summed E-state index contributed by atoms with van der Waals surface area (Å²) in [6.45, 7) is 12.2. The van der Waals surface area contributed by atoms with E-state index in [0.717, 1.165) is 42.8 Å². The molecule has 0 aromatic rings. The molecular formula is C31H48O5. The number of ether oxygens (including phenoxy) is 3. The summed E-state index contributed by atoms with van der Waals surface area (Å²) >= 11 is 0. The fourth-order valence-electron chi connectivity index (χ4n) is 8.91. The number of fused-ring (bicyclic) bond motifs is 5. The van der Waals surface area contributed by atoms with Crippen LogP contribution >= 0.6 is 0 Å². The minimum Gasteiger partial charge on any atom is -0.501 e. The van der Waals surface area contributed by atoms with Crippen molar-refractivity contribution in [1.29, 1.82) is 0 Å². The van der Waals surface area contributed by atoms with Gasteiger partial charge in [-0.05, 0) is 119 Å². The third-order valence-corrected chi connectivity index (χ3v) is 10.4. The second kappa shape index (κ2) is 10.2. The number of hydrogen-bond donors (Lipinski definition) is 0. The molecule has 5 heteroatoms. The summed E-state index contributed by atoms with van der Waals surface area (Å²) in [5.41, 5.74) is 0.116.